The number of carbonyl (C=O) groups excluding carboxylic acids is 2. The number of nitrogens with one attached hydrogen (secondary N) is 2. The van der Waals surface area contributed by atoms with Gasteiger partial charge in [0, 0.05) is 6.54 Å². The van der Waals surface area contributed by atoms with Crippen molar-refractivity contribution < 1.29 is 14.0 Å². The maximum absolute atomic E-state index is 11.6. The highest BCUT2D eigenvalue weighted by Gasteiger charge is 2.17. The predicted molar refractivity (Wildman–Crippen MR) is 62.0 cm³/mol. The van der Waals surface area contributed by atoms with Crippen LogP contribution in [0.3, 0.4) is 0 Å². The summed E-state index contributed by atoms with van der Waals surface area (Å²) < 4.78 is 5.53. The highest BCUT2D eigenvalue weighted by molar-refractivity contribution is 9.10. The Bertz CT molecular complexity index is 389. The van der Waals surface area contributed by atoms with Gasteiger partial charge >= 0.3 is 0 Å². The van der Waals surface area contributed by atoms with E-state index < -0.39 is 11.9 Å². The third kappa shape index (κ3) is 3.37. The second-order valence-electron chi connectivity index (χ2n) is 3.19. The topological polar surface area (TPSA) is 71.3 Å². The SMILES string of the molecule is CCNC(=O)C(C)NC(=O)c1ccc(Br)o1. The molecule has 0 fully saturated rings. The Balaban J connectivity index is 2.54. The third-order valence-electron chi connectivity index (χ3n) is 1.89. The maximum atomic E-state index is 11.6. The number of amides is 2. The summed E-state index contributed by atoms with van der Waals surface area (Å²) in [5.74, 6) is -0.464. The molecule has 0 aliphatic rings. The molecule has 1 aromatic rings. The smallest absolute Gasteiger partial charge is 0.287 e. The fraction of sp³-hybridized carbons (Fsp3) is 0.400. The van der Waals surface area contributed by atoms with Crippen LogP contribution in [-0.4, -0.2) is 24.4 Å². The van der Waals surface area contributed by atoms with Crippen molar-refractivity contribution in [1.82, 2.24) is 10.6 Å². The van der Waals surface area contributed by atoms with Crippen LogP contribution in [-0.2, 0) is 4.79 Å². The van der Waals surface area contributed by atoms with Crippen molar-refractivity contribution in [3.63, 3.8) is 0 Å². The van der Waals surface area contributed by atoms with Crippen molar-refractivity contribution in [3.05, 3.63) is 22.6 Å². The first-order valence-electron chi connectivity index (χ1n) is 4.88. The van der Waals surface area contributed by atoms with E-state index in [1.165, 1.54) is 6.07 Å². The van der Waals surface area contributed by atoms with Crippen LogP contribution in [0.25, 0.3) is 0 Å². The van der Waals surface area contributed by atoms with Crippen molar-refractivity contribution >= 4 is 27.7 Å². The molecule has 88 valence electrons. The second-order valence-corrected chi connectivity index (χ2v) is 3.98. The number of furan rings is 1. The van der Waals surface area contributed by atoms with E-state index in [-0.39, 0.29) is 11.7 Å². The number of likely N-dealkylation sites (N-methyl/N-ethyl adjacent to an activating group) is 1. The van der Waals surface area contributed by atoms with Gasteiger partial charge in [0.15, 0.2) is 10.4 Å². The Kier molecular flexibility index (Phi) is 4.54. The van der Waals surface area contributed by atoms with E-state index in [0.717, 1.165) is 0 Å². The van der Waals surface area contributed by atoms with Crippen LogP contribution in [0, 0.1) is 0 Å². The predicted octanol–water partition coefficient (Wildman–Crippen LogP) is 1.30. The van der Waals surface area contributed by atoms with Gasteiger partial charge < -0.3 is 15.1 Å². The van der Waals surface area contributed by atoms with Gasteiger partial charge in [0.25, 0.3) is 5.91 Å². The van der Waals surface area contributed by atoms with Crippen LogP contribution in [0.2, 0.25) is 0 Å². The largest absolute Gasteiger partial charge is 0.444 e. The van der Waals surface area contributed by atoms with Gasteiger partial charge in [-0.05, 0) is 41.9 Å². The molecule has 0 spiro atoms. The van der Waals surface area contributed by atoms with Crippen LogP contribution in [0.4, 0.5) is 0 Å². The summed E-state index contributed by atoms with van der Waals surface area (Å²) in [6.45, 7) is 3.96. The molecule has 1 aromatic heterocycles. The van der Waals surface area contributed by atoms with Crippen LogP contribution in [0.1, 0.15) is 24.4 Å². The summed E-state index contributed by atoms with van der Waals surface area (Å²) in [6, 6.07) is 2.56. The summed E-state index contributed by atoms with van der Waals surface area (Å²) >= 11 is 3.09. The lowest BCUT2D eigenvalue weighted by atomic mass is 10.3. The van der Waals surface area contributed by atoms with Crippen LogP contribution in [0.5, 0.6) is 0 Å². The van der Waals surface area contributed by atoms with E-state index in [1.807, 2.05) is 6.92 Å². The zero-order valence-corrected chi connectivity index (χ0v) is 10.6. The van der Waals surface area contributed by atoms with Crippen LogP contribution < -0.4 is 10.6 Å². The zero-order chi connectivity index (χ0) is 12.1. The fourth-order valence-corrected chi connectivity index (χ4v) is 1.40. The molecule has 6 heteroatoms. The molecule has 1 atom stereocenters. The molecule has 16 heavy (non-hydrogen) atoms. The van der Waals surface area contributed by atoms with Gasteiger partial charge in [0.05, 0.1) is 0 Å². The molecule has 0 radical (unpaired) electrons. The summed E-state index contributed by atoms with van der Waals surface area (Å²) in [4.78, 5) is 22.9. The molecule has 0 aliphatic heterocycles. The Morgan fingerprint density at radius 2 is 2.19 bits per heavy atom. The normalized spacial score (nSPS) is 11.9. The molecule has 1 heterocycles. The quantitative estimate of drug-likeness (QED) is 0.877. The maximum Gasteiger partial charge on any atom is 0.287 e. The van der Waals surface area contributed by atoms with Crippen molar-refractivity contribution in [3.8, 4) is 0 Å². The molecule has 2 N–H and O–H groups in total. The van der Waals surface area contributed by atoms with Crippen molar-refractivity contribution in [2.24, 2.45) is 0 Å². The van der Waals surface area contributed by atoms with E-state index in [4.69, 9.17) is 4.42 Å². The molecule has 0 aliphatic carbocycles. The second kappa shape index (κ2) is 5.69. The lowest BCUT2D eigenvalue weighted by Crippen LogP contribution is -2.44. The average Bonchev–Trinajstić information content (AvgIpc) is 2.65. The van der Waals surface area contributed by atoms with E-state index >= 15 is 0 Å². The van der Waals surface area contributed by atoms with Gasteiger partial charge in [0.1, 0.15) is 6.04 Å². The van der Waals surface area contributed by atoms with Gasteiger partial charge in [-0.1, -0.05) is 0 Å². The Hall–Kier alpha value is -1.30. The lowest BCUT2D eigenvalue weighted by molar-refractivity contribution is -0.122. The van der Waals surface area contributed by atoms with Gasteiger partial charge in [-0.2, -0.15) is 0 Å². The lowest BCUT2D eigenvalue weighted by Gasteiger charge is -2.11. The number of hydrogen-bond acceptors (Lipinski definition) is 3. The number of rotatable bonds is 4. The van der Waals surface area contributed by atoms with E-state index in [1.54, 1.807) is 13.0 Å². The van der Waals surface area contributed by atoms with Crippen LogP contribution >= 0.6 is 15.9 Å². The number of halogens is 1. The third-order valence-corrected chi connectivity index (χ3v) is 2.32. The minimum absolute atomic E-state index is 0.169. The molecular weight excluding hydrogens is 276 g/mol. The van der Waals surface area contributed by atoms with Crippen LogP contribution in [0.15, 0.2) is 21.2 Å². The first-order chi connectivity index (χ1) is 7.54. The molecular formula is C10H13BrN2O3. The molecule has 0 saturated carbocycles. The Morgan fingerprint density at radius 1 is 1.50 bits per heavy atom. The highest BCUT2D eigenvalue weighted by atomic mass is 79.9. The average molecular weight is 289 g/mol. The van der Waals surface area contributed by atoms with Gasteiger partial charge in [0.2, 0.25) is 5.91 Å². The molecule has 0 saturated heterocycles. The molecule has 1 rings (SSSR count). The Morgan fingerprint density at radius 3 is 2.69 bits per heavy atom. The fourth-order valence-electron chi connectivity index (χ4n) is 1.10. The molecule has 2 amide bonds. The van der Waals surface area contributed by atoms with E-state index in [2.05, 4.69) is 26.6 Å². The molecule has 0 aromatic carbocycles. The standard InChI is InChI=1S/C10H13BrN2O3/c1-3-12-9(14)6(2)13-10(15)7-4-5-8(11)16-7/h4-6H,3H2,1-2H3,(H,12,14)(H,13,15). The minimum Gasteiger partial charge on any atom is -0.444 e. The first kappa shape index (κ1) is 12.8. The number of carbonyl (C=O) groups is 2. The Labute approximate surface area is 102 Å². The van der Waals surface area contributed by atoms with Crippen molar-refractivity contribution in [1.29, 1.82) is 0 Å². The molecule has 0 bridgehead atoms. The molecule has 5 nitrogen and oxygen atoms in total. The summed E-state index contributed by atoms with van der Waals surface area (Å²) in [5.41, 5.74) is 0. The van der Waals surface area contributed by atoms with Gasteiger partial charge in [-0.15, -0.1) is 0 Å². The highest BCUT2D eigenvalue weighted by Crippen LogP contribution is 2.13. The summed E-state index contributed by atoms with van der Waals surface area (Å²) in [6.07, 6.45) is 0. The molecule has 1 unspecified atom stereocenters. The summed E-state index contributed by atoms with van der Waals surface area (Å²) in [7, 11) is 0. The van der Waals surface area contributed by atoms with Crippen molar-refractivity contribution in [2.45, 2.75) is 19.9 Å². The van der Waals surface area contributed by atoms with Crippen molar-refractivity contribution in [2.75, 3.05) is 6.54 Å². The first-order valence-corrected chi connectivity index (χ1v) is 5.67. The number of hydrogen-bond donors (Lipinski definition) is 2. The summed E-state index contributed by atoms with van der Waals surface area (Å²) in [5, 5.41) is 5.14. The zero-order valence-electron chi connectivity index (χ0n) is 9.04. The monoisotopic (exact) mass is 288 g/mol. The van der Waals surface area contributed by atoms with Gasteiger partial charge in [-0.25, -0.2) is 0 Å². The minimum atomic E-state index is -0.587. The van der Waals surface area contributed by atoms with Gasteiger partial charge in [-0.3, -0.25) is 9.59 Å². The van der Waals surface area contributed by atoms with E-state index in [9.17, 15) is 9.59 Å². The van der Waals surface area contributed by atoms with E-state index in [0.29, 0.717) is 11.2 Å².